The molecule has 0 radical (unpaired) electrons. The lowest BCUT2D eigenvalue weighted by Crippen LogP contribution is -2.17. The molecular formula is C15H18O3. The van der Waals surface area contributed by atoms with Gasteiger partial charge in [0.15, 0.2) is 0 Å². The number of ketones is 1. The fourth-order valence-corrected chi connectivity index (χ4v) is 2.51. The van der Waals surface area contributed by atoms with Crippen molar-refractivity contribution in [3.63, 3.8) is 0 Å². The fourth-order valence-electron chi connectivity index (χ4n) is 2.51. The van der Waals surface area contributed by atoms with Gasteiger partial charge < -0.3 is 4.74 Å². The average Bonchev–Trinajstić information content (AvgIpc) is 2.51. The monoisotopic (exact) mass is 246 g/mol. The lowest BCUT2D eigenvalue weighted by atomic mass is 9.89. The topological polar surface area (TPSA) is 43.4 Å². The van der Waals surface area contributed by atoms with Gasteiger partial charge in [-0.15, -0.1) is 0 Å². The van der Waals surface area contributed by atoms with E-state index in [2.05, 4.69) is 0 Å². The maximum absolute atomic E-state index is 12.1. The second-order valence-corrected chi connectivity index (χ2v) is 4.58. The van der Waals surface area contributed by atoms with Crippen LogP contribution < -0.4 is 0 Å². The lowest BCUT2D eigenvalue weighted by molar-refractivity contribution is -0.144. The maximum Gasteiger partial charge on any atom is 0.306 e. The van der Waals surface area contributed by atoms with Crippen molar-refractivity contribution < 1.29 is 14.3 Å². The van der Waals surface area contributed by atoms with Crippen molar-refractivity contribution in [3.8, 4) is 0 Å². The van der Waals surface area contributed by atoms with Crippen LogP contribution in [-0.2, 0) is 20.7 Å². The Bertz CT molecular complexity index is 451. The van der Waals surface area contributed by atoms with Gasteiger partial charge in [0.05, 0.1) is 18.9 Å². The minimum absolute atomic E-state index is 0.160. The number of aryl methyl sites for hydroxylation is 1. The Morgan fingerprint density at radius 2 is 2.11 bits per heavy atom. The molecule has 1 atom stereocenters. The predicted molar refractivity (Wildman–Crippen MR) is 68.4 cm³/mol. The lowest BCUT2D eigenvalue weighted by Gasteiger charge is -2.15. The number of esters is 1. The molecule has 1 aliphatic carbocycles. The van der Waals surface area contributed by atoms with E-state index in [0.717, 1.165) is 18.4 Å². The van der Waals surface area contributed by atoms with Gasteiger partial charge in [-0.2, -0.15) is 0 Å². The van der Waals surface area contributed by atoms with E-state index >= 15 is 0 Å². The van der Waals surface area contributed by atoms with Crippen molar-refractivity contribution in [3.05, 3.63) is 35.4 Å². The molecule has 1 aromatic rings. The van der Waals surface area contributed by atoms with Crippen LogP contribution in [0.2, 0.25) is 0 Å². The van der Waals surface area contributed by atoms with Crippen LogP contribution >= 0.6 is 0 Å². The summed E-state index contributed by atoms with van der Waals surface area (Å²) in [6.07, 6.45) is 2.51. The minimum atomic E-state index is -0.317. The normalized spacial score (nSPS) is 18.9. The summed E-state index contributed by atoms with van der Waals surface area (Å²) in [7, 11) is 0. The molecule has 0 aliphatic heterocycles. The Morgan fingerprint density at radius 3 is 2.89 bits per heavy atom. The molecule has 0 saturated carbocycles. The highest BCUT2D eigenvalue weighted by Gasteiger charge is 2.28. The summed E-state index contributed by atoms with van der Waals surface area (Å²) in [6.45, 7) is 2.14. The number of carbonyl (C=O) groups is 2. The zero-order chi connectivity index (χ0) is 13.0. The van der Waals surface area contributed by atoms with Crippen LogP contribution in [0.25, 0.3) is 0 Å². The second kappa shape index (κ2) is 5.80. The largest absolute Gasteiger partial charge is 0.466 e. The van der Waals surface area contributed by atoms with Crippen LogP contribution in [0, 0.1) is 0 Å². The van der Waals surface area contributed by atoms with E-state index in [1.165, 1.54) is 5.56 Å². The third-order valence-corrected chi connectivity index (χ3v) is 3.36. The molecular weight excluding hydrogens is 228 g/mol. The van der Waals surface area contributed by atoms with Crippen LogP contribution in [0.3, 0.4) is 0 Å². The number of hydrogen-bond donors (Lipinski definition) is 0. The Kier molecular flexibility index (Phi) is 4.13. The van der Waals surface area contributed by atoms with Gasteiger partial charge in [-0.3, -0.25) is 9.59 Å². The van der Waals surface area contributed by atoms with Crippen LogP contribution in [0.1, 0.15) is 43.2 Å². The van der Waals surface area contributed by atoms with Gasteiger partial charge in [0.25, 0.3) is 0 Å². The van der Waals surface area contributed by atoms with Crippen molar-refractivity contribution >= 4 is 11.8 Å². The van der Waals surface area contributed by atoms with Crippen LogP contribution in [0.15, 0.2) is 24.3 Å². The highest BCUT2D eigenvalue weighted by atomic mass is 16.5. The molecule has 0 fully saturated rings. The molecule has 3 nitrogen and oxygen atoms in total. The first kappa shape index (κ1) is 12.8. The van der Waals surface area contributed by atoms with Gasteiger partial charge in [0.2, 0.25) is 0 Å². The summed E-state index contributed by atoms with van der Waals surface area (Å²) in [4.78, 5) is 23.7. The SMILES string of the molecule is CCOC(=O)C[C@H]1C(=O)CCCc2ccccc21. The molecule has 1 aliphatic rings. The van der Waals surface area contributed by atoms with Crippen LogP contribution in [-0.4, -0.2) is 18.4 Å². The van der Waals surface area contributed by atoms with Crippen molar-refractivity contribution in [2.24, 2.45) is 0 Å². The first-order valence-corrected chi connectivity index (χ1v) is 6.48. The fraction of sp³-hybridized carbons (Fsp3) is 0.467. The van der Waals surface area contributed by atoms with E-state index in [9.17, 15) is 9.59 Å². The van der Waals surface area contributed by atoms with Crippen LogP contribution in [0.5, 0.6) is 0 Å². The van der Waals surface area contributed by atoms with Crippen molar-refractivity contribution in [2.75, 3.05) is 6.61 Å². The quantitative estimate of drug-likeness (QED) is 0.608. The molecule has 0 N–H and O–H groups in total. The predicted octanol–water partition coefficient (Wildman–Crippen LogP) is 2.63. The molecule has 0 amide bonds. The zero-order valence-electron chi connectivity index (χ0n) is 10.6. The molecule has 3 heteroatoms. The summed E-state index contributed by atoms with van der Waals surface area (Å²) >= 11 is 0. The number of hydrogen-bond acceptors (Lipinski definition) is 3. The standard InChI is InChI=1S/C15H18O3/c1-2-18-15(17)10-13-12-8-4-3-6-11(12)7-5-9-14(13)16/h3-4,6,8,13H,2,5,7,9-10H2,1H3/t13-/m1/s1. The number of Topliss-reactive ketones (excluding diaryl/α,β-unsaturated/α-hetero) is 1. The van der Waals surface area contributed by atoms with Crippen molar-refractivity contribution in [2.45, 2.75) is 38.5 Å². The summed E-state index contributed by atoms with van der Waals surface area (Å²) in [5.74, 6) is -0.441. The number of carbonyl (C=O) groups excluding carboxylic acids is 2. The van der Waals surface area contributed by atoms with Gasteiger partial charge >= 0.3 is 5.97 Å². The molecule has 0 unspecified atom stereocenters. The number of fused-ring (bicyclic) bond motifs is 1. The number of ether oxygens (including phenoxy) is 1. The maximum atomic E-state index is 12.1. The first-order valence-electron chi connectivity index (χ1n) is 6.48. The molecule has 0 saturated heterocycles. The van der Waals surface area contributed by atoms with E-state index in [0.29, 0.717) is 13.0 Å². The number of benzene rings is 1. The Balaban J connectivity index is 2.25. The molecule has 0 spiro atoms. The van der Waals surface area contributed by atoms with E-state index in [4.69, 9.17) is 4.74 Å². The number of rotatable bonds is 3. The summed E-state index contributed by atoms with van der Waals surface area (Å²) in [6, 6.07) is 7.92. The van der Waals surface area contributed by atoms with Gasteiger partial charge in [-0.1, -0.05) is 24.3 Å². The summed E-state index contributed by atoms with van der Waals surface area (Å²) in [5, 5.41) is 0. The Hall–Kier alpha value is -1.64. The van der Waals surface area contributed by atoms with Gasteiger partial charge in [-0.05, 0) is 30.9 Å². The average molecular weight is 246 g/mol. The summed E-state index contributed by atoms with van der Waals surface area (Å²) < 4.78 is 4.96. The molecule has 2 rings (SSSR count). The third-order valence-electron chi connectivity index (χ3n) is 3.36. The smallest absolute Gasteiger partial charge is 0.306 e. The van der Waals surface area contributed by atoms with E-state index in [-0.39, 0.29) is 24.1 Å². The molecule has 18 heavy (non-hydrogen) atoms. The van der Waals surface area contributed by atoms with Crippen molar-refractivity contribution in [1.82, 2.24) is 0 Å². The highest BCUT2D eigenvalue weighted by molar-refractivity contribution is 5.90. The zero-order valence-corrected chi connectivity index (χ0v) is 10.6. The molecule has 1 aromatic carbocycles. The third kappa shape index (κ3) is 2.78. The molecule has 0 bridgehead atoms. The van der Waals surface area contributed by atoms with Gasteiger partial charge in [-0.25, -0.2) is 0 Å². The van der Waals surface area contributed by atoms with Crippen molar-refractivity contribution in [1.29, 1.82) is 0 Å². The molecule has 96 valence electrons. The van der Waals surface area contributed by atoms with E-state index in [1.54, 1.807) is 6.92 Å². The Labute approximate surface area is 107 Å². The minimum Gasteiger partial charge on any atom is -0.466 e. The summed E-state index contributed by atoms with van der Waals surface area (Å²) in [5.41, 5.74) is 2.20. The molecule has 0 aromatic heterocycles. The van der Waals surface area contributed by atoms with E-state index < -0.39 is 0 Å². The first-order chi connectivity index (χ1) is 8.72. The highest BCUT2D eigenvalue weighted by Crippen LogP contribution is 2.30. The van der Waals surface area contributed by atoms with Gasteiger partial charge in [0.1, 0.15) is 5.78 Å². The molecule has 0 heterocycles. The van der Waals surface area contributed by atoms with Gasteiger partial charge in [0, 0.05) is 6.42 Å². The van der Waals surface area contributed by atoms with E-state index in [1.807, 2.05) is 24.3 Å². The van der Waals surface area contributed by atoms with Crippen LogP contribution in [0.4, 0.5) is 0 Å². The second-order valence-electron chi connectivity index (χ2n) is 4.58. The Morgan fingerprint density at radius 1 is 1.33 bits per heavy atom.